The molecule has 0 aliphatic carbocycles. The summed E-state index contributed by atoms with van der Waals surface area (Å²) in [6.07, 6.45) is 1.82. The second-order valence-corrected chi connectivity index (χ2v) is 4.90. The molecule has 0 aliphatic rings. The molecule has 5 heteroatoms. The molecule has 0 aliphatic heterocycles. The topological polar surface area (TPSA) is 72.2 Å². The van der Waals surface area contributed by atoms with Gasteiger partial charge in [-0.2, -0.15) is 0 Å². The molecule has 1 atom stereocenters. The van der Waals surface area contributed by atoms with Crippen LogP contribution < -0.4 is 11.1 Å². The summed E-state index contributed by atoms with van der Waals surface area (Å²) >= 11 is 0. The first-order chi connectivity index (χ1) is 4.99. The minimum absolute atomic E-state index is 0.115. The highest BCUT2D eigenvalue weighted by Gasteiger charge is 2.07. The van der Waals surface area contributed by atoms with Crippen molar-refractivity contribution in [3.63, 3.8) is 0 Å². The van der Waals surface area contributed by atoms with Gasteiger partial charge in [-0.25, -0.2) is 8.42 Å². The number of nitrogens with two attached hydrogens (primary N) is 1. The minimum atomic E-state index is -2.83. The lowest BCUT2D eigenvalue weighted by Gasteiger charge is -2.11. The van der Waals surface area contributed by atoms with Gasteiger partial charge in [0.2, 0.25) is 0 Å². The largest absolute Gasteiger partial charge is 0.329 e. The van der Waals surface area contributed by atoms with Gasteiger partial charge in [0.1, 0.15) is 9.84 Å². The highest BCUT2D eigenvalue weighted by molar-refractivity contribution is 7.90. The molecule has 0 fully saturated rings. The smallest absolute Gasteiger partial charge is 0.147 e. The summed E-state index contributed by atoms with van der Waals surface area (Å²) in [7, 11) is -1.06. The quantitative estimate of drug-likeness (QED) is 0.567. The monoisotopic (exact) mass is 180 g/mol. The summed E-state index contributed by atoms with van der Waals surface area (Å²) in [6, 6.07) is 0.115. The first-order valence-corrected chi connectivity index (χ1v) is 5.60. The van der Waals surface area contributed by atoms with Crippen LogP contribution in [0, 0.1) is 0 Å². The fraction of sp³-hybridized carbons (Fsp3) is 1.00. The Balaban J connectivity index is 3.69. The lowest BCUT2D eigenvalue weighted by molar-refractivity contribution is 0.545. The summed E-state index contributed by atoms with van der Waals surface area (Å²) in [6.45, 7) is 0.478. The van der Waals surface area contributed by atoms with Gasteiger partial charge in [0.25, 0.3) is 0 Å². The van der Waals surface area contributed by atoms with Crippen molar-refractivity contribution in [1.82, 2.24) is 5.32 Å². The third-order valence-electron chi connectivity index (χ3n) is 1.53. The van der Waals surface area contributed by atoms with E-state index in [9.17, 15) is 8.42 Å². The van der Waals surface area contributed by atoms with Gasteiger partial charge >= 0.3 is 0 Å². The molecule has 0 aromatic rings. The van der Waals surface area contributed by atoms with Gasteiger partial charge < -0.3 is 11.1 Å². The standard InChI is InChI=1S/C6H16N2O2S/c1-8-6(5-7)3-4-11(2,9)10/h6,8H,3-5,7H2,1-2H3/t6-/m1/s1. The third-order valence-corrected chi connectivity index (χ3v) is 2.51. The van der Waals surface area contributed by atoms with E-state index in [0.717, 1.165) is 0 Å². The van der Waals surface area contributed by atoms with Crippen molar-refractivity contribution in [2.45, 2.75) is 12.5 Å². The second-order valence-electron chi connectivity index (χ2n) is 2.64. The summed E-state index contributed by atoms with van der Waals surface area (Å²) in [5.41, 5.74) is 5.36. The molecule has 0 bridgehead atoms. The van der Waals surface area contributed by atoms with Crippen LogP contribution in [0.25, 0.3) is 0 Å². The van der Waals surface area contributed by atoms with Crippen LogP contribution in [0.15, 0.2) is 0 Å². The average molecular weight is 180 g/mol. The molecule has 3 N–H and O–H groups in total. The average Bonchev–Trinajstić information content (AvgIpc) is 1.88. The Morgan fingerprint density at radius 1 is 1.55 bits per heavy atom. The third kappa shape index (κ3) is 6.28. The highest BCUT2D eigenvalue weighted by Crippen LogP contribution is 1.93. The highest BCUT2D eigenvalue weighted by atomic mass is 32.2. The van der Waals surface area contributed by atoms with Gasteiger partial charge in [0.05, 0.1) is 5.75 Å². The Kier molecular flexibility index (Phi) is 4.63. The molecule has 0 aromatic heterocycles. The SMILES string of the molecule is CN[C@@H](CN)CCS(C)(=O)=O. The van der Waals surface area contributed by atoms with Crippen molar-refractivity contribution in [1.29, 1.82) is 0 Å². The molecule has 0 saturated heterocycles. The minimum Gasteiger partial charge on any atom is -0.329 e. The van der Waals surface area contributed by atoms with Gasteiger partial charge in [-0.3, -0.25) is 0 Å². The van der Waals surface area contributed by atoms with E-state index in [4.69, 9.17) is 5.73 Å². The Bertz CT molecular complexity index is 185. The normalized spacial score (nSPS) is 14.8. The molecule has 0 heterocycles. The van der Waals surface area contributed by atoms with Crippen molar-refractivity contribution in [3.05, 3.63) is 0 Å². The maximum Gasteiger partial charge on any atom is 0.147 e. The summed E-state index contributed by atoms with van der Waals surface area (Å²) in [5, 5.41) is 2.93. The Morgan fingerprint density at radius 2 is 2.09 bits per heavy atom. The molecule has 0 spiro atoms. The first-order valence-electron chi connectivity index (χ1n) is 3.54. The van der Waals surface area contributed by atoms with Crippen LogP contribution in [0.4, 0.5) is 0 Å². The van der Waals surface area contributed by atoms with Crippen LogP contribution >= 0.6 is 0 Å². The number of likely N-dealkylation sites (N-methyl/N-ethyl adjacent to an activating group) is 1. The molecule has 0 radical (unpaired) electrons. The predicted molar refractivity (Wildman–Crippen MR) is 46.2 cm³/mol. The zero-order chi connectivity index (χ0) is 8.91. The Morgan fingerprint density at radius 3 is 2.36 bits per heavy atom. The molecule has 68 valence electrons. The summed E-state index contributed by atoms with van der Waals surface area (Å²) < 4.78 is 21.4. The molecule has 4 nitrogen and oxygen atoms in total. The van der Waals surface area contributed by atoms with Crippen LogP contribution in [0.5, 0.6) is 0 Å². The number of hydrogen-bond donors (Lipinski definition) is 2. The van der Waals surface area contributed by atoms with Crippen LogP contribution in [-0.2, 0) is 9.84 Å². The van der Waals surface area contributed by atoms with E-state index in [1.807, 2.05) is 0 Å². The Hall–Kier alpha value is -0.130. The van der Waals surface area contributed by atoms with Crippen molar-refractivity contribution in [2.24, 2.45) is 5.73 Å². The van der Waals surface area contributed by atoms with Gasteiger partial charge in [-0.05, 0) is 13.5 Å². The van der Waals surface area contributed by atoms with E-state index in [1.165, 1.54) is 6.26 Å². The van der Waals surface area contributed by atoms with E-state index in [2.05, 4.69) is 5.32 Å². The molecule has 0 aromatic carbocycles. The van der Waals surface area contributed by atoms with E-state index in [1.54, 1.807) is 7.05 Å². The molecule has 0 unspecified atom stereocenters. The zero-order valence-corrected chi connectivity index (χ0v) is 7.82. The number of sulfone groups is 1. The van der Waals surface area contributed by atoms with E-state index in [0.29, 0.717) is 13.0 Å². The molecule has 0 saturated carbocycles. The van der Waals surface area contributed by atoms with Gasteiger partial charge in [-0.15, -0.1) is 0 Å². The fourth-order valence-corrected chi connectivity index (χ4v) is 1.45. The van der Waals surface area contributed by atoms with Gasteiger partial charge in [0, 0.05) is 18.8 Å². The van der Waals surface area contributed by atoms with E-state index in [-0.39, 0.29) is 11.8 Å². The fourth-order valence-electron chi connectivity index (χ4n) is 0.736. The summed E-state index contributed by atoms with van der Waals surface area (Å²) in [5.74, 6) is 0.204. The van der Waals surface area contributed by atoms with Crippen LogP contribution in [0.1, 0.15) is 6.42 Å². The maximum atomic E-state index is 10.7. The van der Waals surface area contributed by atoms with Crippen molar-refractivity contribution in [2.75, 3.05) is 25.6 Å². The van der Waals surface area contributed by atoms with Crippen LogP contribution in [0.3, 0.4) is 0 Å². The Labute approximate surface area is 68.1 Å². The molecule has 11 heavy (non-hydrogen) atoms. The predicted octanol–water partition coefficient (Wildman–Crippen LogP) is -1.03. The van der Waals surface area contributed by atoms with Crippen molar-refractivity contribution >= 4 is 9.84 Å². The lowest BCUT2D eigenvalue weighted by Crippen LogP contribution is -2.34. The number of rotatable bonds is 5. The molecular formula is C6H16N2O2S. The van der Waals surface area contributed by atoms with E-state index >= 15 is 0 Å². The molecule has 0 amide bonds. The maximum absolute atomic E-state index is 10.7. The van der Waals surface area contributed by atoms with Crippen molar-refractivity contribution in [3.8, 4) is 0 Å². The van der Waals surface area contributed by atoms with Gasteiger partial charge in [0.15, 0.2) is 0 Å². The number of hydrogen-bond acceptors (Lipinski definition) is 4. The molecular weight excluding hydrogens is 164 g/mol. The van der Waals surface area contributed by atoms with Gasteiger partial charge in [-0.1, -0.05) is 0 Å². The lowest BCUT2D eigenvalue weighted by atomic mass is 10.2. The summed E-state index contributed by atoms with van der Waals surface area (Å²) in [4.78, 5) is 0. The molecule has 0 rings (SSSR count). The van der Waals surface area contributed by atoms with Crippen molar-refractivity contribution < 1.29 is 8.42 Å². The van der Waals surface area contributed by atoms with Crippen LogP contribution in [-0.4, -0.2) is 40.1 Å². The van der Waals surface area contributed by atoms with E-state index < -0.39 is 9.84 Å². The second kappa shape index (κ2) is 4.69. The van der Waals surface area contributed by atoms with Crippen LogP contribution in [0.2, 0.25) is 0 Å². The number of nitrogens with one attached hydrogen (secondary N) is 1. The zero-order valence-electron chi connectivity index (χ0n) is 7.00. The first kappa shape index (κ1) is 10.9.